The number of carbonyl (C=O) groups is 1. The van der Waals surface area contributed by atoms with Gasteiger partial charge in [-0.25, -0.2) is 9.18 Å². The first kappa shape index (κ1) is 18.2. The van der Waals surface area contributed by atoms with Crippen molar-refractivity contribution >= 4 is 11.7 Å². The first-order valence-corrected chi connectivity index (χ1v) is 7.57. The Labute approximate surface area is 145 Å². The number of nitriles is 1. The molecule has 0 atom stereocenters. The van der Waals surface area contributed by atoms with Gasteiger partial charge in [-0.1, -0.05) is 12.1 Å². The second-order valence-electron chi connectivity index (χ2n) is 5.09. The van der Waals surface area contributed by atoms with Crippen molar-refractivity contribution in [3.8, 4) is 11.8 Å². The first-order valence-electron chi connectivity index (χ1n) is 7.57. The van der Waals surface area contributed by atoms with E-state index in [9.17, 15) is 9.18 Å². The van der Waals surface area contributed by atoms with Gasteiger partial charge in [-0.05, 0) is 35.9 Å². The Bertz CT molecular complexity index is 757. The van der Waals surface area contributed by atoms with Crippen molar-refractivity contribution in [2.24, 2.45) is 0 Å². The van der Waals surface area contributed by atoms with Crippen LogP contribution in [0.2, 0.25) is 0 Å². The SMILES string of the molecule is COCCOc1ccc(CNC(=O)Nc2ccc(F)cc2C#N)cc1. The van der Waals surface area contributed by atoms with E-state index in [1.54, 1.807) is 19.2 Å². The van der Waals surface area contributed by atoms with Crippen LogP contribution in [0.25, 0.3) is 0 Å². The molecule has 0 saturated heterocycles. The number of rotatable bonds is 7. The lowest BCUT2D eigenvalue weighted by Crippen LogP contribution is -2.28. The predicted molar refractivity (Wildman–Crippen MR) is 90.8 cm³/mol. The van der Waals surface area contributed by atoms with Gasteiger partial charge in [0, 0.05) is 13.7 Å². The third-order valence-electron chi connectivity index (χ3n) is 3.28. The smallest absolute Gasteiger partial charge is 0.319 e. The number of hydrogen-bond acceptors (Lipinski definition) is 4. The van der Waals surface area contributed by atoms with E-state index in [4.69, 9.17) is 14.7 Å². The molecule has 6 nitrogen and oxygen atoms in total. The van der Waals surface area contributed by atoms with Crippen molar-refractivity contribution in [2.45, 2.75) is 6.54 Å². The van der Waals surface area contributed by atoms with Gasteiger partial charge in [0.2, 0.25) is 0 Å². The topological polar surface area (TPSA) is 83.4 Å². The summed E-state index contributed by atoms with van der Waals surface area (Å²) in [6.07, 6.45) is 0. The van der Waals surface area contributed by atoms with Gasteiger partial charge in [-0.15, -0.1) is 0 Å². The number of nitrogens with one attached hydrogen (secondary N) is 2. The number of urea groups is 1. The van der Waals surface area contributed by atoms with E-state index in [0.29, 0.717) is 19.8 Å². The van der Waals surface area contributed by atoms with E-state index in [2.05, 4.69) is 10.6 Å². The molecule has 0 heterocycles. The summed E-state index contributed by atoms with van der Waals surface area (Å²) in [4.78, 5) is 11.9. The molecule has 0 saturated carbocycles. The van der Waals surface area contributed by atoms with Gasteiger partial charge in [0.25, 0.3) is 0 Å². The summed E-state index contributed by atoms with van der Waals surface area (Å²) in [5.41, 5.74) is 1.20. The highest BCUT2D eigenvalue weighted by molar-refractivity contribution is 5.90. The Morgan fingerprint density at radius 2 is 1.96 bits per heavy atom. The van der Waals surface area contributed by atoms with Crippen LogP contribution in [0.1, 0.15) is 11.1 Å². The second kappa shape index (κ2) is 9.25. The van der Waals surface area contributed by atoms with Crippen molar-refractivity contribution in [2.75, 3.05) is 25.6 Å². The number of nitrogens with zero attached hydrogens (tertiary/aromatic N) is 1. The first-order chi connectivity index (χ1) is 12.1. The van der Waals surface area contributed by atoms with Crippen LogP contribution < -0.4 is 15.4 Å². The van der Waals surface area contributed by atoms with Crippen LogP contribution in [0, 0.1) is 17.1 Å². The molecule has 0 radical (unpaired) electrons. The number of methoxy groups -OCH3 is 1. The number of benzene rings is 2. The van der Waals surface area contributed by atoms with Crippen molar-refractivity contribution in [3.05, 3.63) is 59.4 Å². The van der Waals surface area contributed by atoms with Crippen LogP contribution >= 0.6 is 0 Å². The molecule has 2 rings (SSSR count). The Balaban J connectivity index is 1.85. The van der Waals surface area contributed by atoms with Gasteiger partial charge in [-0.3, -0.25) is 0 Å². The summed E-state index contributed by atoms with van der Waals surface area (Å²) in [6, 6.07) is 12.2. The summed E-state index contributed by atoms with van der Waals surface area (Å²) in [5, 5.41) is 14.2. The molecular weight excluding hydrogens is 325 g/mol. The van der Waals surface area contributed by atoms with Crippen LogP contribution in [-0.2, 0) is 11.3 Å². The van der Waals surface area contributed by atoms with Crippen molar-refractivity contribution in [1.82, 2.24) is 5.32 Å². The molecule has 0 aliphatic carbocycles. The zero-order chi connectivity index (χ0) is 18.1. The zero-order valence-corrected chi connectivity index (χ0v) is 13.7. The van der Waals surface area contributed by atoms with Gasteiger partial charge in [-0.2, -0.15) is 5.26 Å². The van der Waals surface area contributed by atoms with E-state index in [1.165, 1.54) is 12.1 Å². The van der Waals surface area contributed by atoms with Crippen molar-refractivity contribution < 1.29 is 18.7 Å². The maximum atomic E-state index is 13.1. The average Bonchev–Trinajstić information content (AvgIpc) is 2.62. The van der Waals surface area contributed by atoms with Crippen LogP contribution in [0.15, 0.2) is 42.5 Å². The zero-order valence-electron chi connectivity index (χ0n) is 13.7. The summed E-state index contributed by atoms with van der Waals surface area (Å²) in [6.45, 7) is 1.28. The quantitative estimate of drug-likeness (QED) is 0.757. The minimum Gasteiger partial charge on any atom is -0.491 e. The minimum atomic E-state index is -0.532. The van der Waals surface area contributed by atoms with E-state index >= 15 is 0 Å². The van der Waals surface area contributed by atoms with Crippen molar-refractivity contribution in [3.63, 3.8) is 0 Å². The molecule has 2 N–H and O–H groups in total. The number of halogens is 1. The largest absolute Gasteiger partial charge is 0.491 e. The molecule has 130 valence electrons. The molecule has 0 aromatic heterocycles. The molecule has 0 aliphatic heterocycles. The number of amides is 2. The van der Waals surface area contributed by atoms with Crippen molar-refractivity contribution in [1.29, 1.82) is 5.26 Å². The highest BCUT2D eigenvalue weighted by Gasteiger charge is 2.07. The van der Waals surface area contributed by atoms with Gasteiger partial charge in [0.1, 0.15) is 24.2 Å². The van der Waals surface area contributed by atoms with Gasteiger partial charge < -0.3 is 20.1 Å². The van der Waals surface area contributed by atoms with E-state index in [1.807, 2.05) is 18.2 Å². The molecule has 0 spiro atoms. The fraction of sp³-hybridized carbons (Fsp3) is 0.222. The molecular formula is C18H18FN3O3. The van der Waals surface area contributed by atoms with E-state index < -0.39 is 11.8 Å². The molecule has 0 bridgehead atoms. The Hall–Kier alpha value is -3.11. The fourth-order valence-electron chi connectivity index (χ4n) is 2.01. The van der Waals surface area contributed by atoms with E-state index in [0.717, 1.165) is 17.4 Å². The Morgan fingerprint density at radius 1 is 1.20 bits per heavy atom. The summed E-state index contributed by atoms with van der Waals surface area (Å²) < 4.78 is 23.4. The van der Waals surface area contributed by atoms with Crippen LogP contribution in [0.4, 0.5) is 14.9 Å². The molecule has 2 aromatic rings. The van der Waals surface area contributed by atoms with Gasteiger partial charge >= 0.3 is 6.03 Å². The Morgan fingerprint density at radius 3 is 2.64 bits per heavy atom. The third-order valence-corrected chi connectivity index (χ3v) is 3.28. The average molecular weight is 343 g/mol. The summed E-state index contributed by atoms with van der Waals surface area (Å²) >= 11 is 0. The molecule has 25 heavy (non-hydrogen) atoms. The lowest BCUT2D eigenvalue weighted by Gasteiger charge is -2.10. The maximum Gasteiger partial charge on any atom is 0.319 e. The molecule has 2 aromatic carbocycles. The van der Waals surface area contributed by atoms with Gasteiger partial charge in [0.15, 0.2) is 0 Å². The molecule has 0 unspecified atom stereocenters. The monoisotopic (exact) mass is 343 g/mol. The lowest BCUT2D eigenvalue weighted by molar-refractivity contribution is 0.146. The molecule has 0 aliphatic rings. The molecule has 2 amide bonds. The van der Waals surface area contributed by atoms with Crippen LogP contribution in [0.5, 0.6) is 5.75 Å². The lowest BCUT2D eigenvalue weighted by atomic mass is 10.2. The van der Waals surface area contributed by atoms with E-state index in [-0.39, 0.29) is 11.3 Å². The summed E-state index contributed by atoms with van der Waals surface area (Å²) in [7, 11) is 1.61. The highest BCUT2D eigenvalue weighted by atomic mass is 19.1. The summed E-state index contributed by atoms with van der Waals surface area (Å²) in [5.74, 6) is 0.186. The minimum absolute atomic E-state index is 0.0627. The second-order valence-corrected chi connectivity index (χ2v) is 5.09. The number of ether oxygens (including phenoxy) is 2. The molecule has 7 heteroatoms. The van der Waals surface area contributed by atoms with Gasteiger partial charge in [0.05, 0.1) is 17.9 Å². The maximum absolute atomic E-state index is 13.1. The van der Waals surface area contributed by atoms with Crippen LogP contribution in [-0.4, -0.2) is 26.4 Å². The number of anilines is 1. The highest BCUT2D eigenvalue weighted by Crippen LogP contribution is 2.16. The molecule has 0 fully saturated rings. The Kier molecular flexibility index (Phi) is 6.75. The normalized spacial score (nSPS) is 9.96. The predicted octanol–water partition coefficient (Wildman–Crippen LogP) is 3.04. The fourth-order valence-corrected chi connectivity index (χ4v) is 2.01. The van der Waals surface area contributed by atoms with Crippen LogP contribution in [0.3, 0.4) is 0 Å². The standard InChI is InChI=1S/C18H18FN3O3/c1-24-8-9-25-16-5-2-13(3-6-16)12-21-18(23)22-17-7-4-15(19)10-14(17)11-20/h2-7,10H,8-9,12H2,1H3,(H2,21,22,23). The number of hydrogen-bond donors (Lipinski definition) is 2. The third kappa shape index (κ3) is 5.79. The number of carbonyl (C=O) groups excluding carboxylic acids is 1.